The van der Waals surface area contributed by atoms with E-state index < -0.39 is 0 Å². The molecule has 0 saturated carbocycles. The summed E-state index contributed by atoms with van der Waals surface area (Å²) in [4.78, 5) is 3.20. The zero-order valence-electron chi connectivity index (χ0n) is 11.0. The fourth-order valence-electron chi connectivity index (χ4n) is 1.81. The first-order valence-corrected chi connectivity index (χ1v) is 6.56. The zero-order valence-corrected chi connectivity index (χ0v) is 11.7. The lowest BCUT2D eigenvalue weighted by Gasteiger charge is -2.18. The standard InChI is InChI=1S/C13H14ClN5O/c1-2-18(7-8-20)13-12(9-15)16-19(17-13)11-5-3-10(14)4-6-11/h3-6,20H,2,7-8H2,1H3. The van der Waals surface area contributed by atoms with Crippen molar-refractivity contribution in [3.63, 3.8) is 0 Å². The second kappa shape index (κ2) is 6.37. The maximum atomic E-state index is 9.16. The van der Waals surface area contributed by atoms with Gasteiger partial charge in [-0.25, -0.2) is 0 Å². The van der Waals surface area contributed by atoms with Crippen LogP contribution in [-0.2, 0) is 0 Å². The van der Waals surface area contributed by atoms with Crippen LogP contribution in [0.3, 0.4) is 0 Å². The van der Waals surface area contributed by atoms with E-state index in [1.807, 2.05) is 13.0 Å². The normalized spacial score (nSPS) is 10.3. The highest BCUT2D eigenvalue weighted by Gasteiger charge is 2.17. The van der Waals surface area contributed by atoms with Gasteiger partial charge in [-0.15, -0.1) is 15.0 Å². The molecule has 1 aromatic heterocycles. The van der Waals surface area contributed by atoms with Crippen LogP contribution >= 0.6 is 11.6 Å². The van der Waals surface area contributed by atoms with E-state index in [0.29, 0.717) is 23.9 Å². The minimum absolute atomic E-state index is 0.00743. The summed E-state index contributed by atoms with van der Waals surface area (Å²) in [5, 5.41) is 27.3. The van der Waals surface area contributed by atoms with Crippen molar-refractivity contribution in [2.24, 2.45) is 0 Å². The van der Waals surface area contributed by atoms with Gasteiger partial charge in [-0.2, -0.15) is 5.26 Å². The largest absolute Gasteiger partial charge is 0.395 e. The summed E-state index contributed by atoms with van der Waals surface area (Å²) in [5.41, 5.74) is 0.951. The lowest BCUT2D eigenvalue weighted by atomic mass is 10.3. The average molecular weight is 292 g/mol. The smallest absolute Gasteiger partial charge is 0.207 e. The van der Waals surface area contributed by atoms with Gasteiger partial charge in [-0.1, -0.05) is 11.6 Å². The van der Waals surface area contributed by atoms with Crippen LogP contribution in [0.25, 0.3) is 5.69 Å². The molecule has 1 N–H and O–H groups in total. The molecule has 6 nitrogen and oxygen atoms in total. The summed E-state index contributed by atoms with van der Waals surface area (Å²) in [6.45, 7) is 2.96. The molecule has 2 rings (SSSR count). The van der Waals surface area contributed by atoms with Crippen molar-refractivity contribution in [2.45, 2.75) is 6.92 Å². The van der Waals surface area contributed by atoms with E-state index in [4.69, 9.17) is 22.0 Å². The van der Waals surface area contributed by atoms with Gasteiger partial charge in [0.2, 0.25) is 5.69 Å². The molecule has 0 saturated heterocycles. The number of aromatic nitrogens is 3. The van der Waals surface area contributed by atoms with Crippen LogP contribution in [0.5, 0.6) is 0 Å². The maximum Gasteiger partial charge on any atom is 0.207 e. The number of nitrogens with zero attached hydrogens (tertiary/aromatic N) is 5. The first-order valence-electron chi connectivity index (χ1n) is 6.18. The molecule has 0 amide bonds. The summed E-state index contributed by atoms with van der Waals surface area (Å²) < 4.78 is 0. The van der Waals surface area contributed by atoms with Crippen molar-refractivity contribution in [3.05, 3.63) is 35.0 Å². The van der Waals surface area contributed by atoms with Gasteiger partial charge < -0.3 is 10.0 Å². The summed E-state index contributed by atoms with van der Waals surface area (Å²) in [5.74, 6) is 0.471. The van der Waals surface area contributed by atoms with Crippen LogP contribution in [0.4, 0.5) is 5.82 Å². The van der Waals surface area contributed by atoms with E-state index in [-0.39, 0.29) is 12.3 Å². The number of rotatable bonds is 5. The van der Waals surface area contributed by atoms with E-state index in [2.05, 4.69) is 10.2 Å². The predicted octanol–water partition coefficient (Wildman–Crippen LogP) is 1.61. The van der Waals surface area contributed by atoms with Crippen LogP contribution in [0.15, 0.2) is 24.3 Å². The molecule has 0 fully saturated rings. The van der Waals surface area contributed by atoms with Crippen LogP contribution in [0.1, 0.15) is 12.6 Å². The number of nitriles is 1. The Kier molecular flexibility index (Phi) is 4.56. The Hall–Kier alpha value is -2.10. The second-order valence-electron chi connectivity index (χ2n) is 4.05. The Bertz CT molecular complexity index is 617. The number of benzene rings is 1. The summed E-state index contributed by atoms with van der Waals surface area (Å²) in [6, 6.07) is 9.04. The number of anilines is 1. The van der Waals surface area contributed by atoms with Crippen LogP contribution in [-0.4, -0.2) is 39.8 Å². The molecule has 2 aromatic rings. The molecule has 1 aromatic carbocycles. The van der Waals surface area contributed by atoms with E-state index in [1.165, 1.54) is 4.80 Å². The third kappa shape index (κ3) is 2.90. The average Bonchev–Trinajstić information content (AvgIpc) is 2.89. The first kappa shape index (κ1) is 14.3. The van der Waals surface area contributed by atoms with Gasteiger partial charge in [0.05, 0.1) is 12.3 Å². The molecule has 0 aliphatic carbocycles. The van der Waals surface area contributed by atoms with Crippen molar-refractivity contribution < 1.29 is 5.11 Å². The quantitative estimate of drug-likeness (QED) is 0.905. The van der Waals surface area contributed by atoms with E-state index >= 15 is 0 Å². The van der Waals surface area contributed by atoms with Crippen molar-refractivity contribution >= 4 is 17.4 Å². The molecule has 0 atom stereocenters. The Balaban J connectivity index is 2.40. The van der Waals surface area contributed by atoms with Crippen LogP contribution in [0, 0.1) is 11.3 Å². The lowest BCUT2D eigenvalue weighted by Crippen LogP contribution is -2.27. The number of halogens is 1. The molecule has 20 heavy (non-hydrogen) atoms. The number of likely N-dealkylation sites (N-methyl/N-ethyl adjacent to an activating group) is 1. The Labute approximate surface area is 121 Å². The van der Waals surface area contributed by atoms with Gasteiger partial charge in [-0.05, 0) is 31.2 Å². The third-order valence-electron chi connectivity index (χ3n) is 2.81. The Morgan fingerprint density at radius 2 is 2.05 bits per heavy atom. The van der Waals surface area contributed by atoms with Crippen LogP contribution in [0.2, 0.25) is 5.02 Å². The molecule has 0 radical (unpaired) electrons. The van der Waals surface area contributed by atoms with Gasteiger partial charge in [0.1, 0.15) is 6.07 Å². The van der Waals surface area contributed by atoms with Crippen molar-refractivity contribution in [1.29, 1.82) is 5.26 Å². The molecule has 0 bridgehead atoms. The topological polar surface area (TPSA) is 78.0 Å². The monoisotopic (exact) mass is 291 g/mol. The number of hydrogen-bond acceptors (Lipinski definition) is 5. The molecule has 0 spiro atoms. The van der Waals surface area contributed by atoms with Gasteiger partial charge in [0.25, 0.3) is 0 Å². The molecule has 104 valence electrons. The first-order chi connectivity index (χ1) is 9.69. The third-order valence-corrected chi connectivity index (χ3v) is 3.06. The van der Waals surface area contributed by atoms with E-state index in [0.717, 1.165) is 5.69 Å². The van der Waals surface area contributed by atoms with Crippen LogP contribution < -0.4 is 4.90 Å². The number of aliphatic hydroxyl groups is 1. The molecule has 0 aliphatic heterocycles. The fraction of sp³-hybridized carbons (Fsp3) is 0.308. The molecule has 7 heteroatoms. The number of hydrogen-bond donors (Lipinski definition) is 1. The second-order valence-corrected chi connectivity index (χ2v) is 4.49. The van der Waals surface area contributed by atoms with Gasteiger partial charge in [-0.3, -0.25) is 0 Å². The van der Waals surface area contributed by atoms with Crippen molar-refractivity contribution in [2.75, 3.05) is 24.6 Å². The van der Waals surface area contributed by atoms with Crippen molar-refractivity contribution in [1.82, 2.24) is 15.0 Å². The predicted molar refractivity (Wildman–Crippen MR) is 76.1 cm³/mol. The highest BCUT2D eigenvalue weighted by Crippen LogP contribution is 2.18. The Morgan fingerprint density at radius 3 is 2.60 bits per heavy atom. The highest BCUT2D eigenvalue weighted by molar-refractivity contribution is 6.30. The highest BCUT2D eigenvalue weighted by atomic mass is 35.5. The number of aliphatic hydroxyl groups excluding tert-OH is 1. The molecule has 1 heterocycles. The SMILES string of the molecule is CCN(CCO)c1nn(-c2ccc(Cl)cc2)nc1C#N. The minimum atomic E-state index is -0.00743. The summed E-state index contributed by atoms with van der Waals surface area (Å²) in [7, 11) is 0. The Morgan fingerprint density at radius 1 is 1.35 bits per heavy atom. The fourth-order valence-corrected chi connectivity index (χ4v) is 1.93. The molecular weight excluding hydrogens is 278 g/mol. The zero-order chi connectivity index (χ0) is 14.5. The molecule has 0 aliphatic rings. The van der Waals surface area contributed by atoms with Gasteiger partial charge >= 0.3 is 0 Å². The lowest BCUT2D eigenvalue weighted by molar-refractivity contribution is 0.302. The van der Waals surface area contributed by atoms with Gasteiger partial charge in [0.15, 0.2) is 5.82 Å². The molecule has 0 unspecified atom stereocenters. The maximum absolute atomic E-state index is 9.16. The van der Waals surface area contributed by atoms with Crippen molar-refractivity contribution in [3.8, 4) is 11.8 Å². The summed E-state index contributed by atoms with van der Waals surface area (Å²) >= 11 is 5.84. The molecular formula is C13H14ClN5O. The minimum Gasteiger partial charge on any atom is -0.395 e. The van der Waals surface area contributed by atoms with E-state index in [9.17, 15) is 0 Å². The van der Waals surface area contributed by atoms with E-state index in [1.54, 1.807) is 29.2 Å². The van der Waals surface area contributed by atoms with Gasteiger partial charge in [0, 0.05) is 18.1 Å². The summed E-state index contributed by atoms with van der Waals surface area (Å²) in [6.07, 6.45) is 0.